The molecule has 0 saturated heterocycles. The average Bonchev–Trinajstić information content (AvgIpc) is 2.47. The average molecular weight is 566 g/mol. The van der Waals surface area contributed by atoms with Gasteiger partial charge in [-0.3, -0.25) is 4.57 Å². The second-order valence-electron chi connectivity index (χ2n) is 4.38. The third-order valence-electron chi connectivity index (χ3n) is 2.35. The molecule has 0 atom stereocenters. The molecular weight excluding hydrogens is 525 g/mol. The first-order chi connectivity index (χ1) is 10.2. The molecule has 0 aliphatic carbocycles. The second kappa shape index (κ2) is 59.3. The Morgan fingerprint density at radius 3 is 1.23 bits per heavy atom. The van der Waals surface area contributed by atoms with Crippen LogP contribution < -0.4 is 329 Å². The fourth-order valence-corrected chi connectivity index (χ4v) is 2.75. The van der Waals surface area contributed by atoms with Crippen LogP contribution in [0, 0.1) is 0 Å². The van der Waals surface area contributed by atoms with E-state index in [0.717, 1.165) is 13.1 Å². The molecule has 0 aliphatic heterocycles. The quantitative estimate of drug-likeness (QED) is 0.0466. The monoisotopic (exact) mass is 566 g/mol. The van der Waals surface area contributed by atoms with Crippen LogP contribution in [0.25, 0.3) is 0 Å². The number of nitrogens with one attached hydrogen (secondary N) is 4. The Morgan fingerprint density at radius 2 is 0.968 bits per heavy atom. The summed E-state index contributed by atoms with van der Waals surface area (Å²) in [5.41, 5.74) is 16.0. The van der Waals surface area contributed by atoms with Gasteiger partial charge >= 0.3 is 303 Å². The second-order valence-corrected chi connectivity index (χ2v) is 6.42. The Bertz CT molecular complexity index is 313. The summed E-state index contributed by atoms with van der Waals surface area (Å²) in [6, 6.07) is 0. The van der Waals surface area contributed by atoms with Gasteiger partial charge in [0.25, 0.3) is 0 Å². The fraction of sp³-hybridized carbons (Fsp3) is 1.00. The predicted octanol–water partition coefficient (Wildman–Crippen LogP) is -30.1. The van der Waals surface area contributed by atoms with Gasteiger partial charge in [0.2, 0.25) is 0 Å². The van der Waals surface area contributed by atoms with E-state index in [2.05, 4.69) is 21.6 Å². The number of nitrogens with two attached hydrogens (primary N) is 2. The van der Waals surface area contributed by atoms with Gasteiger partial charge in [-0.25, -0.2) is 9.25 Å². The summed E-state index contributed by atoms with van der Waals surface area (Å²) in [6.07, 6.45) is 1.05. The minimum Gasteiger partial charge on any atom is -1.00 e. The Labute approximate surface area is 426 Å². The van der Waals surface area contributed by atoms with Gasteiger partial charge in [0.15, 0.2) is 0 Å². The maximum atomic E-state index is 12.3. The Hall–Kier alpha value is 9.91. The van der Waals surface area contributed by atoms with Crippen molar-refractivity contribution in [2.45, 2.75) is 13.3 Å². The molecule has 0 radical (unpaired) electrons. The topological polar surface area (TPSA) is 136 Å². The zero-order valence-corrected chi connectivity index (χ0v) is 43.8. The summed E-state index contributed by atoms with van der Waals surface area (Å²) in [5.74, 6) is 0. The van der Waals surface area contributed by atoms with Crippen LogP contribution in [0.4, 0.5) is 0 Å². The van der Waals surface area contributed by atoms with E-state index in [0.29, 0.717) is 51.9 Å². The normalized spacial score (nSPS) is 8.10. The third-order valence-corrected chi connectivity index (χ3v) is 4.16. The van der Waals surface area contributed by atoms with Crippen LogP contribution >= 0.6 is 7.60 Å². The van der Waals surface area contributed by atoms with Crippen LogP contribution in [0.2, 0.25) is 0 Å². The molecule has 0 aromatic rings. The number of hydroxylamine groups is 2. The van der Waals surface area contributed by atoms with Crippen LogP contribution in [-0.4, -0.2) is 58.5 Å². The van der Waals surface area contributed by atoms with Gasteiger partial charge in [0, 0.05) is 52.4 Å². The maximum absolute atomic E-state index is 12.3. The van der Waals surface area contributed by atoms with Gasteiger partial charge in [-0.05, 0) is 6.42 Å². The fourth-order valence-electron chi connectivity index (χ4n) is 1.40. The molecule has 0 saturated carbocycles. The Balaban J connectivity index is -0.0000000105. The van der Waals surface area contributed by atoms with E-state index >= 15 is 0 Å². The molecule has 20 heteroatoms. The van der Waals surface area contributed by atoms with Crippen molar-refractivity contribution in [3.8, 4) is 0 Å². The van der Waals surface area contributed by atoms with E-state index < -0.39 is 7.60 Å². The smallest absolute Gasteiger partial charge is 1.00 e. The molecule has 0 unspecified atom stereocenters. The molecule has 0 heterocycles. The van der Waals surface area contributed by atoms with Gasteiger partial charge in [-0.1, -0.05) is 6.92 Å². The minimum atomic E-state index is -3.16. The molecule has 0 amide bonds. The SMILES string of the molecule is CCCP(=O)(ONCCNCCN)ONCCNCCN.[H-].[H-].[H-].[H-].[H-].[H-].[H-].[H-].[H-].[H-].[Na+].[Na+].[Na+].[Na+].[Na+].[Na+].[Na+].[Na+].[Na+].[Na+]. The molecular formula is C11H41N6Na10O3P. The Morgan fingerprint density at radius 1 is 0.645 bits per heavy atom. The first-order valence-electron chi connectivity index (χ1n) is 7.42. The van der Waals surface area contributed by atoms with Crippen molar-refractivity contribution < 1.29 is 324 Å². The predicted molar refractivity (Wildman–Crippen MR) is 95.9 cm³/mol. The molecule has 31 heavy (non-hydrogen) atoms. The van der Waals surface area contributed by atoms with E-state index in [1.807, 2.05) is 6.92 Å². The van der Waals surface area contributed by atoms with Gasteiger partial charge in [-0.15, -0.1) is 0 Å². The van der Waals surface area contributed by atoms with Crippen LogP contribution in [0.3, 0.4) is 0 Å². The summed E-state index contributed by atoms with van der Waals surface area (Å²) in [4.78, 5) is 0. The van der Waals surface area contributed by atoms with Gasteiger partial charge in [-0.2, -0.15) is 11.0 Å². The van der Waals surface area contributed by atoms with Gasteiger partial charge in [0.05, 0.1) is 6.16 Å². The summed E-state index contributed by atoms with van der Waals surface area (Å²) >= 11 is 0. The maximum Gasteiger partial charge on any atom is 1.00 e. The van der Waals surface area contributed by atoms with E-state index in [-0.39, 0.29) is 310 Å². The van der Waals surface area contributed by atoms with E-state index in [1.54, 1.807) is 0 Å². The minimum absolute atomic E-state index is 0. The summed E-state index contributed by atoms with van der Waals surface area (Å²) in [5, 5.41) is 6.19. The molecule has 0 aromatic carbocycles. The standard InChI is InChI=1S/C11H31N6O3P.10Na.10H/c1-2-11-21(18,19-16-9-7-14-5-3-12)20-17-10-8-15-6-4-13;;;;;;;;;;;;;;;;;;;;/h14-17H,2-13H2,1H3;;;;;;;;;;;;;;;;;;;;/q;10*+1;10*-1. The largest absolute Gasteiger partial charge is 1.00 e. The van der Waals surface area contributed by atoms with Crippen LogP contribution in [0.15, 0.2) is 0 Å². The number of hydrogen-bond donors (Lipinski definition) is 6. The van der Waals surface area contributed by atoms with Crippen LogP contribution in [0.1, 0.15) is 27.6 Å². The van der Waals surface area contributed by atoms with Crippen molar-refractivity contribution >= 4 is 7.60 Å². The van der Waals surface area contributed by atoms with Crippen LogP contribution in [-0.2, 0) is 13.8 Å². The van der Waals surface area contributed by atoms with E-state index in [9.17, 15) is 4.57 Å². The molecule has 0 spiro atoms. The summed E-state index contributed by atoms with van der Waals surface area (Å²) < 4.78 is 22.7. The summed E-state index contributed by atoms with van der Waals surface area (Å²) in [7, 11) is -3.16. The van der Waals surface area contributed by atoms with Crippen molar-refractivity contribution in [1.29, 1.82) is 0 Å². The molecule has 0 fully saturated rings. The Kier molecular flexibility index (Phi) is 139. The van der Waals surface area contributed by atoms with Crippen molar-refractivity contribution in [2.24, 2.45) is 11.5 Å². The summed E-state index contributed by atoms with van der Waals surface area (Å²) in [6.45, 7) is 6.97. The zero-order valence-electron chi connectivity index (χ0n) is 32.9. The third kappa shape index (κ3) is 56.3. The molecule has 0 rings (SSSR count). The van der Waals surface area contributed by atoms with Gasteiger partial charge < -0.3 is 36.4 Å². The van der Waals surface area contributed by atoms with E-state index in [4.69, 9.17) is 20.7 Å². The first-order valence-corrected chi connectivity index (χ1v) is 9.15. The molecule has 0 aromatic heterocycles. The van der Waals surface area contributed by atoms with Crippen molar-refractivity contribution in [2.75, 3.05) is 58.5 Å². The molecule has 148 valence electrons. The molecule has 0 aliphatic rings. The molecule has 0 bridgehead atoms. The van der Waals surface area contributed by atoms with Crippen molar-refractivity contribution in [3.05, 3.63) is 0 Å². The molecule has 9 nitrogen and oxygen atoms in total. The zero-order chi connectivity index (χ0) is 15.8. The molecule has 8 N–H and O–H groups in total. The van der Waals surface area contributed by atoms with Gasteiger partial charge in [0.1, 0.15) is 0 Å². The van der Waals surface area contributed by atoms with Crippen molar-refractivity contribution in [1.82, 2.24) is 21.6 Å². The van der Waals surface area contributed by atoms with Crippen LogP contribution in [0.5, 0.6) is 0 Å². The van der Waals surface area contributed by atoms with E-state index in [1.165, 1.54) is 0 Å². The number of hydrogen-bond acceptors (Lipinski definition) is 9. The number of rotatable bonds is 16. The first kappa shape index (κ1) is 72.8. The van der Waals surface area contributed by atoms with Crippen molar-refractivity contribution in [3.63, 3.8) is 0 Å².